The monoisotopic (exact) mass is 459 g/mol. The highest BCUT2D eigenvalue weighted by molar-refractivity contribution is 7.13. The van der Waals surface area contributed by atoms with E-state index in [9.17, 15) is 9.59 Å². The fraction of sp³-hybridized carbons (Fsp3) is 0.545. The molecule has 1 saturated heterocycles. The number of pyridine rings is 1. The number of ketones is 1. The van der Waals surface area contributed by atoms with Gasteiger partial charge in [-0.25, -0.2) is 9.97 Å². The Hall–Kier alpha value is -2.56. The maximum absolute atomic E-state index is 12.5. The standard InChI is InChI=1S/C22H29N5O4S/c1-22(2,3)31-19(29)11-24-15-12-26(13-17(15)30-4)18-6-5-14-16(28)7-9-27(20(14)25-18)21-23-8-10-32-21/h5-6,8,10,15,17,24H,7,9,11-13H2,1-4H3/t15-,17-/m1/s1. The lowest BCUT2D eigenvalue weighted by molar-refractivity contribution is -0.153. The minimum atomic E-state index is -0.519. The molecule has 2 atom stereocenters. The van der Waals surface area contributed by atoms with E-state index in [4.69, 9.17) is 14.5 Å². The van der Waals surface area contributed by atoms with Gasteiger partial charge in [-0.2, -0.15) is 0 Å². The van der Waals surface area contributed by atoms with Crippen molar-refractivity contribution in [3.8, 4) is 0 Å². The van der Waals surface area contributed by atoms with Crippen LogP contribution in [0.4, 0.5) is 16.8 Å². The van der Waals surface area contributed by atoms with Crippen LogP contribution < -0.4 is 15.1 Å². The second-order valence-corrected chi connectivity index (χ2v) is 9.81. The molecular formula is C22H29N5O4S. The van der Waals surface area contributed by atoms with Gasteiger partial charge in [-0.05, 0) is 32.9 Å². The third kappa shape index (κ3) is 4.92. The number of anilines is 3. The number of hydrogen-bond donors (Lipinski definition) is 1. The molecule has 32 heavy (non-hydrogen) atoms. The fourth-order valence-corrected chi connectivity index (χ4v) is 4.69. The molecule has 0 aromatic carbocycles. The molecule has 0 spiro atoms. The van der Waals surface area contributed by atoms with Crippen molar-refractivity contribution < 1.29 is 19.1 Å². The van der Waals surface area contributed by atoms with Crippen LogP contribution in [0, 0.1) is 0 Å². The van der Waals surface area contributed by atoms with Crippen molar-refractivity contribution in [1.82, 2.24) is 15.3 Å². The van der Waals surface area contributed by atoms with Crippen LogP contribution in [0.3, 0.4) is 0 Å². The minimum absolute atomic E-state index is 0.0537. The number of rotatable bonds is 6. The van der Waals surface area contributed by atoms with E-state index in [1.54, 1.807) is 13.3 Å². The summed E-state index contributed by atoms with van der Waals surface area (Å²) in [5, 5.41) is 6.01. The molecule has 0 bridgehead atoms. The van der Waals surface area contributed by atoms with Crippen LogP contribution in [0.1, 0.15) is 37.6 Å². The summed E-state index contributed by atoms with van der Waals surface area (Å²) in [5.74, 6) is 1.21. The molecule has 0 aliphatic carbocycles. The van der Waals surface area contributed by atoms with Crippen molar-refractivity contribution in [3.05, 3.63) is 29.3 Å². The number of methoxy groups -OCH3 is 1. The fourth-order valence-electron chi connectivity index (χ4n) is 4.02. The predicted octanol–water partition coefficient (Wildman–Crippen LogP) is 2.40. The van der Waals surface area contributed by atoms with Gasteiger partial charge in [0.05, 0.1) is 24.3 Å². The molecule has 0 radical (unpaired) electrons. The van der Waals surface area contributed by atoms with Gasteiger partial charge in [0.15, 0.2) is 10.9 Å². The van der Waals surface area contributed by atoms with Crippen LogP contribution >= 0.6 is 11.3 Å². The molecular weight excluding hydrogens is 430 g/mol. The summed E-state index contributed by atoms with van der Waals surface area (Å²) < 4.78 is 11.0. The van der Waals surface area contributed by atoms with Crippen LogP contribution in [0.25, 0.3) is 0 Å². The van der Waals surface area contributed by atoms with Gasteiger partial charge in [0.25, 0.3) is 0 Å². The molecule has 2 aliphatic heterocycles. The molecule has 10 heteroatoms. The number of Topliss-reactive ketones (excluding diaryl/α,β-unsaturated/α-hetero) is 1. The van der Waals surface area contributed by atoms with Crippen molar-refractivity contribution in [3.63, 3.8) is 0 Å². The van der Waals surface area contributed by atoms with Crippen molar-refractivity contribution in [2.45, 2.75) is 44.9 Å². The second kappa shape index (κ2) is 9.13. The molecule has 0 amide bonds. The van der Waals surface area contributed by atoms with Gasteiger partial charge < -0.3 is 19.3 Å². The van der Waals surface area contributed by atoms with Crippen molar-refractivity contribution in [2.75, 3.05) is 43.1 Å². The number of esters is 1. The highest BCUT2D eigenvalue weighted by Crippen LogP contribution is 2.35. The lowest BCUT2D eigenvalue weighted by Crippen LogP contribution is -2.44. The van der Waals surface area contributed by atoms with Crippen LogP contribution in [0.2, 0.25) is 0 Å². The van der Waals surface area contributed by atoms with Crippen LogP contribution in [-0.2, 0) is 14.3 Å². The number of ether oxygens (including phenoxy) is 2. The molecule has 1 N–H and O–H groups in total. The summed E-state index contributed by atoms with van der Waals surface area (Å²) in [4.78, 5) is 37.9. The van der Waals surface area contributed by atoms with E-state index in [2.05, 4.69) is 15.2 Å². The van der Waals surface area contributed by atoms with Crippen molar-refractivity contribution in [2.24, 2.45) is 0 Å². The number of hydrogen-bond acceptors (Lipinski definition) is 10. The predicted molar refractivity (Wildman–Crippen MR) is 123 cm³/mol. The number of thiazole rings is 1. The Kier molecular flexibility index (Phi) is 6.45. The molecule has 2 aliphatic rings. The topological polar surface area (TPSA) is 96.9 Å². The van der Waals surface area contributed by atoms with Gasteiger partial charge in [0.1, 0.15) is 17.2 Å². The van der Waals surface area contributed by atoms with Crippen LogP contribution in [0.5, 0.6) is 0 Å². The number of carbonyl (C=O) groups excluding carboxylic acids is 2. The Labute approximate surface area is 191 Å². The van der Waals surface area contributed by atoms with E-state index in [-0.39, 0.29) is 30.4 Å². The Morgan fingerprint density at radius 2 is 2.12 bits per heavy atom. The molecule has 9 nitrogen and oxygen atoms in total. The summed E-state index contributed by atoms with van der Waals surface area (Å²) in [6.07, 6.45) is 2.09. The number of fused-ring (bicyclic) bond motifs is 1. The average Bonchev–Trinajstić information content (AvgIpc) is 3.41. The van der Waals surface area contributed by atoms with E-state index in [0.717, 1.165) is 10.9 Å². The Bertz CT molecular complexity index is 975. The second-order valence-electron chi connectivity index (χ2n) is 8.93. The van der Waals surface area contributed by atoms with Gasteiger partial charge in [-0.3, -0.25) is 14.9 Å². The molecule has 2 aromatic rings. The van der Waals surface area contributed by atoms with Gasteiger partial charge in [0, 0.05) is 44.7 Å². The third-order valence-electron chi connectivity index (χ3n) is 5.45. The first-order valence-corrected chi connectivity index (χ1v) is 11.6. The van der Waals surface area contributed by atoms with E-state index in [1.807, 2.05) is 43.2 Å². The third-order valence-corrected chi connectivity index (χ3v) is 6.25. The first-order valence-electron chi connectivity index (χ1n) is 10.7. The van der Waals surface area contributed by atoms with Gasteiger partial charge in [-0.15, -0.1) is 11.3 Å². The molecule has 172 valence electrons. The molecule has 0 unspecified atom stereocenters. The minimum Gasteiger partial charge on any atom is -0.459 e. The molecule has 0 saturated carbocycles. The maximum Gasteiger partial charge on any atom is 0.320 e. The SMILES string of the molecule is CO[C@@H]1CN(c2ccc3c(n2)N(c2nccs2)CCC3=O)C[C@H]1NCC(=O)OC(C)(C)C. The molecule has 4 rings (SSSR count). The highest BCUT2D eigenvalue weighted by Gasteiger charge is 2.35. The normalized spacial score (nSPS) is 21.1. The first kappa shape index (κ1) is 22.6. The van der Waals surface area contributed by atoms with Crippen LogP contribution in [0.15, 0.2) is 23.7 Å². The van der Waals surface area contributed by atoms with E-state index < -0.39 is 5.60 Å². The number of carbonyl (C=O) groups is 2. The summed E-state index contributed by atoms with van der Waals surface area (Å²) in [6.45, 7) is 7.47. The van der Waals surface area contributed by atoms with E-state index in [1.165, 1.54) is 11.3 Å². The Morgan fingerprint density at radius 1 is 1.31 bits per heavy atom. The lowest BCUT2D eigenvalue weighted by atomic mass is 10.0. The van der Waals surface area contributed by atoms with Gasteiger partial charge >= 0.3 is 5.97 Å². The van der Waals surface area contributed by atoms with Crippen molar-refractivity contribution >= 4 is 39.9 Å². The zero-order valence-electron chi connectivity index (χ0n) is 18.8. The van der Waals surface area contributed by atoms with Crippen molar-refractivity contribution in [1.29, 1.82) is 0 Å². The number of nitrogens with zero attached hydrogens (tertiary/aromatic N) is 4. The number of nitrogens with one attached hydrogen (secondary N) is 1. The van der Waals surface area contributed by atoms with Crippen LogP contribution in [-0.4, -0.2) is 72.8 Å². The summed E-state index contributed by atoms with van der Waals surface area (Å²) >= 11 is 1.53. The lowest BCUT2D eigenvalue weighted by Gasteiger charge is -2.28. The average molecular weight is 460 g/mol. The first-order chi connectivity index (χ1) is 15.2. The molecule has 1 fully saturated rings. The van der Waals surface area contributed by atoms with E-state index >= 15 is 0 Å². The Morgan fingerprint density at radius 3 is 2.81 bits per heavy atom. The molecule has 4 heterocycles. The quantitative estimate of drug-likeness (QED) is 0.653. The summed E-state index contributed by atoms with van der Waals surface area (Å²) in [7, 11) is 1.67. The number of aromatic nitrogens is 2. The highest BCUT2D eigenvalue weighted by atomic mass is 32.1. The Balaban J connectivity index is 1.50. The zero-order chi connectivity index (χ0) is 22.9. The summed E-state index contributed by atoms with van der Waals surface area (Å²) in [5.41, 5.74) is 0.104. The largest absolute Gasteiger partial charge is 0.459 e. The summed E-state index contributed by atoms with van der Waals surface area (Å²) in [6, 6.07) is 3.68. The smallest absolute Gasteiger partial charge is 0.320 e. The maximum atomic E-state index is 12.5. The molecule has 2 aromatic heterocycles. The van der Waals surface area contributed by atoms with E-state index in [0.29, 0.717) is 37.4 Å². The zero-order valence-corrected chi connectivity index (χ0v) is 19.6. The van der Waals surface area contributed by atoms with Gasteiger partial charge in [-0.1, -0.05) is 0 Å². The van der Waals surface area contributed by atoms with Gasteiger partial charge in [0.2, 0.25) is 0 Å².